The lowest BCUT2D eigenvalue weighted by Crippen LogP contribution is -2.49. The van der Waals surface area contributed by atoms with Crippen LogP contribution in [0.15, 0.2) is 24.4 Å². The third-order valence-corrected chi connectivity index (χ3v) is 4.09. The van der Waals surface area contributed by atoms with Gasteiger partial charge in [0.15, 0.2) is 0 Å². The van der Waals surface area contributed by atoms with Gasteiger partial charge in [-0.1, -0.05) is 6.07 Å². The maximum absolute atomic E-state index is 12.1. The van der Waals surface area contributed by atoms with Crippen molar-refractivity contribution in [1.29, 1.82) is 0 Å². The van der Waals surface area contributed by atoms with E-state index in [1.165, 1.54) is 0 Å². The summed E-state index contributed by atoms with van der Waals surface area (Å²) in [5.41, 5.74) is 1.03. The Balaban J connectivity index is 1.80. The van der Waals surface area contributed by atoms with E-state index in [2.05, 4.69) is 10.3 Å². The second kappa shape index (κ2) is 6.75. The molecule has 0 radical (unpaired) electrons. The van der Waals surface area contributed by atoms with Gasteiger partial charge in [-0.25, -0.2) is 0 Å². The largest absolute Gasteiger partial charge is 0.344 e. The van der Waals surface area contributed by atoms with E-state index < -0.39 is 0 Å². The number of nitrogens with one attached hydrogen (secondary N) is 1. The highest BCUT2D eigenvalue weighted by Crippen LogP contribution is 2.09. The number of aromatic nitrogens is 1. The van der Waals surface area contributed by atoms with Gasteiger partial charge in [0.2, 0.25) is 5.91 Å². The fourth-order valence-corrected chi connectivity index (χ4v) is 2.85. The first-order valence-electron chi connectivity index (χ1n) is 6.23. The van der Waals surface area contributed by atoms with Gasteiger partial charge in [0, 0.05) is 50.0 Å². The van der Waals surface area contributed by atoms with Crippen molar-refractivity contribution in [3.63, 3.8) is 0 Å². The first-order chi connectivity index (χ1) is 8.77. The summed E-state index contributed by atoms with van der Waals surface area (Å²) in [4.78, 5) is 18.2. The molecule has 1 aromatic heterocycles. The van der Waals surface area contributed by atoms with Crippen LogP contribution in [-0.4, -0.2) is 53.5 Å². The Bertz CT molecular complexity index is 379. The number of likely N-dealkylation sites (N-methyl/N-ethyl adjacent to an activating group) is 1. The number of pyridine rings is 1. The van der Waals surface area contributed by atoms with Gasteiger partial charge in [0.1, 0.15) is 0 Å². The first kappa shape index (κ1) is 13.4. The third kappa shape index (κ3) is 3.71. The number of carbonyl (C=O) groups is 1. The third-order valence-electron chi connectivity index (χ3n) is 3.03. The summed E-state index contributed by atoms with van der Waals surface area (Å²) >= 11 is 1.84. The van der Waals surface area contributed by atoms with Gasteiger partial charge in [0.25, 0.3) is 0 Å². The van der Waals surface area contributed by atoms with Crippen molar-refractivity contribution < 1.29 is 4.79 Å². The van der Waals surface area contributed by atoms with Crippen LogP contribution in [0.25, 0.3) is 0 Å². The van der Waals surface area contributed by atoms with Gasteiger partial charge in [0.05, 0.1) is 6.04 Å². The van der Waals surface area contributed by atoms with Crippen molar-refractivity contribution in [3.8, 4) is 0 Å². The summed E-state index contributed by atoms with van der Waals surface area (Å²) in [5.74, 6) is 2.17. The zero-order valence-corrected chi connectivity index (χ0v) is 11.4. The molecule has 1 saturated heterocycles. The second-order valence-corrected chi connectivity index (χ2v) is 5.56. The highest BCUT2D eigenvalue weighted by atomic mass is 32.2. The molecule has 2 rings (SSSR count). The van der Waals surface area contributed by atoms with Crippen LogP contribution in [0.5, 0.6) is 0 Å². The Morgan fingerprint density at radius 2 is 2.50 bits per heavy atom. The monoisotopic (exact) mass is 265 g/mol. The van der Waals surface area contributed by atoms with Gasteiger partial charge in [-0.3, -0.25) is 9.78 Å². The standard InChI is InChI=1S/C13H19N3OS/c1-16(8-5-11-4-2-3-6-14-11)13(17)12-10-18-9-7-15-12/h2-4,6,12,15H,5,7-10H2,1H3. The molecule has 0 aliphatic carbocycles. The second-order valence-electron chi connectivity index (χ2n) is 4.41. The Hall–Kier alpha value is -1.07. The van der Waals surface area contributed by atoms with Crippen molar-refractivity contribution >= 4 is 17.7 Å². The number of rotatable bonds is 4. The minimum atomic E-state index is -0.0162. The number of amides is 1. The molecule has 1 aliphatic heterocycles. The summed E-state index contributed by atoms with van der Waals surface area (Å²) in [6.45, 7) is 1.65. The quantitative estimate of drug-likeness (QED) is 0.874. The van der Waals surface area contributed by atoms with E-state index in [0.29, 0.717) is 0 Å². The maximum Gasteiger partial charge on any atom is 0.240 e. The van der Waals surface area contributed by atoms with Crippen LogP contribution < -0.4 is 5.32 Å². The van der Waals surface area contributed by atoms with Crippen LogP contribution in [0.4, 0.5) is 0 Å². The minimum absolute atomic E-state index is 0.0162. The van der Waals surface area contributed by atoms with Crippen molar-refractivity contribution in [2.75, 3.05) is 31.6 Å². The predicted octanol–water partition coefficient (Wildman–Crippen LogP) is 0.787. The lowest BCUT2D eigenvalue weighted by Gasteiger charge is -2.27. The molecule has 0 saturated carbocycles. The van der Waals surface area contributed by atoms with Crippen LogP contribution in [0.1, 0.15) is 5.69 Å². The number of hydrogen-bond acceptors (Lipinski definition) is 4. The summed E-state index contributed by atoms with van der Waals surface area (Å²) in [7, 11) is 1.87. The van der Waals surface area contributed by atoms with E-state index >= 15 is 0 Å². The number of thioether (sulfide) groups is 1. The molecule has 1 N–H and O–H groups in total. The smallest absolute Gasteiger partial charge is 0.240 e. The van der Waals surface area contributed by atoms with E-state index in [1.54, 1.807) is 11.1 Å². The molecule has 98 valence electrons. The SMILES string of the molecule is CN(CCc1ccccn1)C(=O)C1CSCCN1. The molecule has 0 aromatic carbocycles. The molecule has 18 heavy (non-hydrogen) atoms. The molecule has 4 nitrogen and oxygen atoms in total. The van der Waals surface area contributed by atoms with E-state index in [4.69, 9.17) is 0 Å². The molecule has 1 aromatic rings. The van der Waals surface area contributed by atoms with Crippen LogP contribution >= 0.6 is 11.8 Å². The predicted molar refractivity (Wildman–Crippen MR) is 74.7 cm³/mol. The van der Waals surface area contributed by atoms with Crippen LogP contribution in [0, 0.1) is 0 Å². The van der Waals surface area contributed by atoms with E-state index in [1.807, 2.05) is 37.0 Å². The molecule has 1 unspecified atom stereocenters. The molecule has 0 bridgehead atoms. The number of hydrogen-bond donors (Lipinski definition) is 1. The van der Waals surface area contributed by atoms with Gasteiger partial charge >= 0.3 is 0 Å². The fourth-order valence-electron chi connectivity index (χ4n) is 1.93. The zero-order valence-electron chi connectivity index (χ0n) is 10.6. The van der Waals surface area contributed by atoms with Crippen LogP contribution in [0.2, 0.25) is 0 Å². The topological polar surface area (TPSA) is 45.2 Å². The molecule has 0 spiro atoms. The van der Waals surface area contributed by atoms with E-state index in [9.17, 15) is 4.79 Å². The summed E-state index contributed by atoms with van der Waals surface area (Å²) in [6, 6.07) is 5.86. The lowest BCUT2D eigenvalue weighted by atomic mass is 10.2. The highest BCUT2D eigenvalue weighted by molar-refractivity contribution is 7.99. The summed E-state index contributed by atoms with van der Waals surface area (Å²) < 4.78 is 0. The summed E-state index contributed by atoms with van der Waals surface area (Å²) in [5, 5.41) is 3.27. The van der Waals surface area contributed by atoms with Crippen LogP contribution in [-0.2, 0) is 11.2 Å². The van der Waals surface area contributed by atoms with Gasteiger partial charge < -0.3 is 10.2 Å². The van der Waals surface area contributed by atoms with Crippen molar-refractivity contribution in [1.82, 2.24) is 15.2 Å². The average molecular weight is 265 g/mol. The number of carbonyl (C=O) groups excluding carboxylic acids is 1. The van der Waals surface area contributed by atoms with Gasteiger partial charge in [-0.2, -0.15) is 11.8 Å². The Kier molecular flexibility index (Phi) is 5.01. The minimum Gasteiger partial charge on any atom is -0.344 e. The number of nitrogens with zero attached hydrogens (tertiary/aromatic N) is 2. The Morgan fingerprint density at radius 1 is 1.61 bits per heavy atom. The molecule has 5 heteroatoms. The maximum atomic E-state index is 12.1. The van der Waals surface area contributed by atoms with Crippen molar-refractivity contribution in [3.05, 3.63) is 30.1 Å². The molecular formula is C13H19N3OS. The van der Waals surface area contributed by atoms with Crippen molar-refractivity contribution in [2.45, 2.75) is 12.5 Å². The first-order valence-corrected chi connectivity index (χ1v) is 7.39. The van der Waals surface area contributed by atoms with E-state index in [-0.39, 0.29) is 11.9 Å². The van der Waals surface area contributed by atoms with Crippen LogP contribution in [0.3, 0.4) is 0 Å². The Labute approximate surface area is 112 Å². The zero-order chi connectivity index (χ0) is 12.8. The molecule has 1 fully saturated rings. The summed E-state index contributed by atoms with van der Waals surface area (Å²) in [6.07, 6.45) is 2.60. The highest BCUT2D eigenvalue weighted by Gasteiger charge is 2.23. The van der Waals surface area contributed by atoms with E-state index in [0.717, 1.165) is 36.7 Å². The van der Waals surface area contributed by atoms with Gasteiger partial charge in [-0.15, -0.1) is 0 Å². The average Bonchev–Trinajstić information content (AvgIpc) is 2.46. The molecule has 1 aliphatic rings. The van der Waals surface area contributed by atoms with Gasteiger partial charge in [-0.05, 0) is 12.1 Å². The lowest BCUT2D eigenvalue weighted by molar-refractivity contribution is -0.131. The van der Waals surface area contributed by atoms with Crippen molar-refractivity contribution in [2.24, 2.45) is 0 Å². The Morgan fingerprint density at radius 3 is 3.17 bits per heavy atom. The molecule has 1 amide bonds. The fraction of sp³-hybridized carbons (Fsp3) is 0.538. The molecule has 2 heterocycles. The normalized spacial score (nSPS) is 19.5. The molecule has 1 atom stereocenters. The molecular weight excluding hydrogens is 246 g/mol.